The van der Waals surface area contributed by atoms with Crippen molar-refractivity contribution < 1.29 is 23.1 Å². The van der Waals surface area contributed by atoms with Crippen molar-refractivity contribution >= 4 is 11.9 Å². The van der Waals surface area contributed by atoms with E-state index in [9.17, 15) is 18.4 Å². The van der Waals surface area contributed by atoms with E-state index >= 15 is 0 Å². The molecule has 18 heavy (non-hydrogen) atoms. The summed E-state index contributed by atoms with van der Waals surface area (Å²) >= 11 is 0. The molecule has 1 aromatic rings. The SMILES string of the molecule is O=C1O[C@@H]2C[C@H]1N(C(=O)c1ccc(F)c(F)c1)C2. The molecule has 2 aliphatic rings. The first-order valence-electron chi connectivity index (χ1n) is 5.53. The van der Waals surface area contributed by atoms with E-state index in [0.717, 1.165) is 12.1 Å². The molecule has 2 heterocycles. The van der Waals surface area contributed by atoms with E-state index in [1.165, 1.54) is 11.0 Å². The Hall–Kier alpha value is -1.98. The standard InChI is InChI=1S/C12H9F2NO3/c13-8-2-1-6(3-9(8)14)11(16)15-5-7-4-10(15)12(17)18-7/h1-3,7,10H,4-5H2/t7-,10-/m1/s1. The molecule has 2 saturated heterocycles. The Bertz CT molecular complexity index is 546. The van der Waals surface area contributed by atoms with Gasteiger partial charge in [0.2, 0.25) is 0 Å². The number of nitrogens with zero attached hydrogens (tertiary/aromatic N) is 1. The zero-order valence-electron chi connectivity index (χ0n) is 9.23. The molecule has 2 fully saturated rings. The lowest BCUT2D eigenvalue weighted by atomic mass is 10.1. The van der Waals surface area contributed by atoms with Crippen LogP contribution >= 0.6 is 0 Å². The second kappa shape index (κ2) is 3.76. The molecule has 0 aliphatic carbocycles. The Balaban J connectivity index is 1.87. The molecule has 94 valence electrons. The van der Waals surface area contributed by atoms with Crippen molar-refractivity contribution in [3.05, 3.63) is 35.4 Å². The van der Waals surface area contributed by atoms with E-state index in [1.807, 2.05) is 0 Å². The lowest BCUT2D eigenvalue weighted by Gasteiger charge is -2.25. The number of morpholine rings is 1. The van der Waals surface area contributed by atoms with Crippen molar-refractivity contribution in [3.8, 4) is 0 Å². The van der Waals surface area contributed by atoms with E-state index < -0.39 is 29.6 Å². The third-order valence-corrected chi connectivity index (χ3v) is 3.25. The van der Waals surface area contributed by atoms with Crippen LogP contribution in [0.2, 0.25) is 0 Å². The van der Waals surface area contributed by atoms with Crippen molar-refractivity contribution in [1.29, 1.82) is 0 Å². The number of ether oxygens (including phenoxy) is 1. The number of esters is 1. The summed E-state index contributed by atoms with van der Waals surface area (Å²) in [6, 6.07) is 2.36. The molecule has 3 rings (SSSR count). The van der Waals surface area contributed by atoms with Crippen LogP contribution in [0.5, 0.6) is 0 Å². The Morgan fingerprint density at radius 3 is 2.72 bits per heavy atom. The van der Waals surface area contributed by atoms with Gasteiger partial charge in [-0.25, -0.2) is 13.6 Å². The summed E-state index contributed by atoms with van der Waals surface area (Å²) in [5.41, 5.74) is 0.0363. The van der Waals surface area contributed by atoms with Crippen LogP contribution in [0.15, 0.2) is 18.2 Å². The summed E-state index contributed by atoms with van der Waals surface area (Å²) in [7, 11) is 0. The lowest BCUT2D eigenvalue weighted by Crippen LogP contribution is -2.44. The van der Waals surface area contributed by atoms with Gasteiger partial charge in [0.05, 0.1) is 6.54 Å². The van der Waals surface area contributed by atoms with Gasteiger partial charge in [-0.15, -0.1) is 0 Å². The predicted octanol–water partition coefficient (Wildman–Crippen LogP) is 1.10. The average molecular weight is 253 g/mol. The third-order valence-electron chi connectivity index (χ3n) is 3.25. The van der Waals surface area contributed by atoms with Gasteiger partial charge in [-0.3, -0.25) is 4.79 Å². The first kappa shape index (κ1) is 11.1. The number of rotatable bonds is 1. The van der Waals surface area contributed by atoms with Crippen LogP contribution in [0.4, 0.5) is 8.78 Å². The summed E-state index contributed by atoms with van der Waals surface area (Å²) in [6.07, 6.45) is 0.214. The molecular weight excluding hydrogens is 244 g/mol. The van der Waals surface area contributed by atoms with Crippen molar-refractivity contribution in [1.82, 2.24) is 4.90 Å². The fourth-order valence-electron chi connectivity index (χ4n) is 2.37. The smallest absolute Gasteiger partial charge is 0.329 e. The molecule has 0 unspecified atom stereocenters. The molecule has 2 aliphatic heterocycles. The molecule has 1 aromatic carbocycles. The molecule has 0 aromatic heterocycles. The molecule has 0 spiro atoms. The van der Waals surface area contributed by atoms with Crippen LogP contribution < -0.4 is 0 Å². The van der Waals surface area contributed by atoms with Gasteiger partial charge in [-0.1, -0.05) is 0 Å². The van der Waals surface area contributed by atoms with Gasteiger partial charge >= 0.3 is 5.97 Å². The zero-order valence-corrected chi connectivity index (χ0v) is 9.23. The first-order valence-corrected chi connectivity index (χ1v) is 5.53. The molecular formula is C12H9F2NO3. The zero-order chi connectivity index (χ0) is 12.9. The van der Waals surface area contributed by atoms with Crippen LogP contribution in [-0.2, 0) is 9.53 Å². The Morgan fingerprint density at radius 2 is 2.11 bits per heavy atom. The predicted molar refractivity (Wildman–Crippen MR) is 55.7 cm³/mol. The number of halogens is 2. The highest BCUT2D eigenvalue weighted by Crippen LogP contribution is 2.30. The van der Waals surface area contributed by atoms with Gasteiger partial charge in [0.25, 0.3) is 5.91 Å². The van der Waals surface area contributed by atoms with Gasteiger partial charge in [0.1, 0.15) is 12.1 Å². The molecule has 2 atom stereocenters. The summed E-state index contributed by atoms with van der Waals surface area (Å²) in [5.74, 6) is -2.98. The number of likely N-dealkylation sites (tertiary alicyclic amines) is 1. The Labute approximate surface area is 101 Å². The minimum absolute atomic E-state index is 0.0363. The van der Waals surface area contributed by atoms with Crippen molar-refractivity contribution in [2.75, 3.05) is 6.54 Å². The monoisotopic (exact) mass is 253 g/mol. The Kier molecular flexibility index (Phi) is 2.33. The quantitative estimate of drug-likeness (QED) is 0.704. The fraction of sp³-hybridized carbons (Fsp3) is 0.333. The van der Waals surface area contributed by atoms with Gasteiger partial charge < -0.3 is 9.64 Å². The minimum atomic E-state index is -1.08. The number of amides is 1. The summed E-state index contributed by atoms with van der Waals surface area (Å²) in [6.45, 7) is 0.314. The lowest BCUT2D eigenvalue weighted by molar-refractivity contribution is -0.149. The maximum absolute atomic E-state index is 13.1. The van der Waals surface area contributed by atoms with Gasteiger partial charge in [0.15, 0.2) is 11.6 Å². The molecule has 0 saturated carbocycles. The van der Waals surface area contributed by atoms with Crippen LogP contribution in [0.3, 0.4) is 0 Å². The van der Waals surface area contributed by atoms with Crippen molar-refractivity contribution in [2.45, 2.75) is 18.6 Å². The first-order chi connectivity index (χ1) is 8.56. The number of hydrogen-bond acceptors (Lipinski definition) is 3. The van der Waals surface area contributed by atoms with Gasteiger partial charge in [-0.05, 0) is 18.2 Å². The van der Waals surface area contributed by atoms with E-state index in [4.69, 9.17) is 4.74 Å². The normalized spacial score (nSPS) is 25.4. The fourth-order valence-corrected chi connectivity index (χ4v) is 2.37. The average Bonchev–Trinajstić information content (AvgIpc) is 2.90. The van der Waals surface area contributed by atoms with E-state index in [-0.39, 0.29) is 11.7 Å². The highest BCUT2D eigenvalue weighted by Gasteiger charge is 2.48. The molecule has 2 bridgehead atoms. The van der Waals surface area contributed by atoms with Crippen LogP contribution in [0.1, 0.15) is 16.8 Å². The van der Waals surface area contributed by atoms with Crippen LogP contribution in [0, 0.1) is 11.6 Å². The van der Waals surface area contributed by atoms with E-state index in [2.05, 4.69) is 0 Å². The second-order valence-corrected chi connectivity index (χ2v) is 4.40. The topological polar surface area (TPSA) is 46.6 Å². The highest BCUT2D eigenvalue weighted by molar-refractivity contribution is 5.98. The van der Waals surface area contributed by atoms with Crippen molar-refractivity contribution in [2.24, 2.45) is 0 Å². The molecule has 0 N–H and O–H groups in total. The molecule has 1 amide bonds. The van der Waals surface area contributed by atoms with E-state index in [0.29, 0.717) is 13.0 Å². The molecule has 0 radical (unpaired) electrons. The largest absolute Gasteiger partial charge is 0.459 e. The Morgan fingerprint density at radius 1 is 1.33 bits per heavy atom. The summed E-state index contributed by atoms with van der Waals surface area (Å²) in [4.78, 5) is 24.8. The summed E-state index contributed by atoms with van der Waals surface area (Å²) in [5, 5.41) is 0. The second-order valence-electron chi connectivity index (χ2n) is 4.40. The van der Waals surface area contributed by atoms with Gasteiger partial charge in [-0.2, -0.15) is 0 Å². The number of benzene rings is 1. The number of fused-ring (bicyclic) bond motifs is 2. The molecule has 4 nitrogen and oxygen atoms in total. The number of hydrogen-bond donors (Lipinski definition) is 0. The van der Waals surface area contributed by atoms with Crippen LogP contribution in [0.25, 0.3) is 0 Å². The highest BCUT2D eigenvalue weighted by atomic mass is 19.2. The van der Waals surface area contributed by atoms with Gasteiger partial charge in [0, 0.05) is 12.0 Å². The number of carbonyl (C=O) groups is 2. The third kappa shape index (κ3) is 1.56. The van der Waals surface area contributed by atoms with E-state index in [1.54, 1.807) is 0 Å². The maximum Gasteiger partial charge on any atom is 0.329 e. The minimum Gasteiger partial charge on any atom is -0.459 e. The maximum atomic E-state index is 13.1. The number of carbonyl (C=O) groups excluding carboxylic acids is 2. The summed E-state index contributed by atoms with van der Waals surface area (Å²) < 4.78 is 30.8. The van der Waals surface area contributed by atoms with Crippen molar-refractivity contribution in [3.63, 3.8) is 0 Å². The van der Waals surface area contributed by atoms with Crippen LogP contribution in [-0.4, -0.2) is 35.5 Å². The molecule has 6 heteroatoms.